The van der Waals surface area contributed by atoms with E-state index in [0.717, 1.165) is 12.7 Å². The second-order valence-electron chi connectivity index (χ2n) is 6.52. The molecular weight excluding hydrogens is 422 g/mol. The highest BCUT2D eigenvalue weighted by Crippen LogP contribution is 2.25. The monoisotopic (exact) mass is 445 g/mol. The van der Waals surface area contributed by atoms with E-state index in [-0.39, 0.29) is 18.7 Å². The van der Waals surface area contributed by atoms with E-state index in [1.807, 2.05) is 6.07 Å². The molecular formula is C21H23N3O8. The lowest BCUT2D eigenvalue weighted by Gasteiger charge is -2.18. The number of nitrogens with zero attached hydrogens (tertiary/aromatic N) is 1. The van der Waals surface area contributed by atoms with E-state index in [1.165, 1.54) is 25.3 Å². The summed E-state index contributed by atoms with van der Waals surface area (Å²) < 4.78 is 14.9. The molecule has 32 heavy (non-hydrogen) atoms. The van der Waals surface area contributed by atoms with Gasteiger partial charge in [0, 0.05) is 24.1 Å². The van der Waals surface area contributed by atoms with E-state index >= 15 is 0 Å². The predicted molar refractivity (Wildman–Crippen MR) is 112 cm³/mol. The van der Waals surface area contributed by atoms with Crippen LogP contribution >= 0.6 is 0 Å². The molecule has 0 heterocycles. The maximum absolute atomic E-state index is 12.2. The highest BCUT2D eigenvalue weighted by molar-refractivity contribution is 5.87. The number of carbonyl (C=O) groups is 3. The Kier molecular flexibility index (Phi) is 8.96. The summed E-state index contributed by atoms with van der Waals surface area (Å²) in [7, 11) is 2.52. The Morgan fingerprint density at radius 2 is 1.81 bits per heavy atom. The van der Waals surface area contributed by atoms with Gasteiger partial charge < -0.3 is 24.8 Å². The molecule has 1 atom stereocenters. The summed E-state index contributed by atoms with van der Waals surface area (Å²) in [6, 6.07) is 11.7. The molecule has 0 bridgehead atoms. The number of methoxy groups -OCH3 is 2. The summed E-state index contributed by atoms with van der Waals surface area (Å²) in [4.78, 5) is 46.6. The summed E-state index contributed by atoms with van der Waals surface area (Å²) in [6.45, 7) is -0.418. The van der Waals surface area contributed by atoms with Crippen LogP contribution in [0.3, 0.4) is 0 Å². The molecule has 0 unspecified atom stereocenters. The Labute approximate surface area is 183 Å². The number of alkyl carbamates (subject to hydrolysis) is 1. The Bertz CT molecular complexity index is 965. The van der Waals surface area contributed by atoms with Crippen molar-refractivity contribution in [2.24, 2.45) is 0 Å². The van der Waals surface area contributed by atoms with Gasteiger partial charge in [-0.15, -0.1) is 0 Å². The molecule has 0 saturated carbocycles. The van der Waals surface area contributed by atoms with Gasteiger partial charge in [0.25, 0.3) is 5.69 Å². The lowest BCUT2D eigenvalue weighted by atomic mass is 10.0. The summed E-state index contributed by atoms with van der Waals surface area (Å²) in [5.41, 5.74) is 0.912. The van der Waals surface area contributed by atoms with Gasteiger partial charge in [-0.05, 0) is 11.6 Å². The van der Waals surface area contributed by atoms with Gasteiger partial charge in [-0.2, -0.15) is 0 Å². The number of carbonyl (C=O) groups excluding carboxylic acids is 3. The molecule has 0 spiro atoms. The molecule has 2 N–H and O–H groups in total. The van der Waals surface area contributed by atoms with Crippen LogP contribution in [-0.4, -0.2) is 49.7 Å². The fraction of sp³-hybridized carbons (Fsp3) is 0.286. The minimum Gasteiger partial charge on any atom is -0.496 e. The van der Waals surface area contributed by atoms with Gasteiger partial charge in [-0.1, -0.05) is 30.3 Å². The average molecular weight is 445 g/mol. The second kappa shape index (κ2) is 11.9. The van der Waals surface area contributed by atoms with Crippen molar-refractivity contribution in [1.82, 2.24) is 10.6 Å². The Hall–Kier alpha value is -4.15. The normalized spacial score (nSPS) is 11.1. The summed E-state index contributed by atoms with van der Waals surface area (Å²) in [6.07, 6.45) is -0.930. The maximum Gasteiger partial charge on any atom is 0.407 e. The molecule has 170 valence electrons. The third-order valence-electron chi connectivity index (χ3n) is 4.33. The third-order valence-corrected chi connectivity index (χ3v) is 4.33. The van der Waals surface area contributed by atoms with Crippen molar-refractivity contribution in [2.45, 2.75) is 19.1 Å². The Morgan fingerprint density at radius 3 is 2.44 bits per heavy atom. The van der Waals surface area contributed by atoms with Crippen molar-refractivity contribution in [3.05, 3.63) is 69.8 Å². The van der Waals surface area contributed by atoms with Gasteiger partial charge in [-0.25, -0.2) is 9.59 Å². The minimum atomic E-state index is -1.16. The first-order valence-electron chi connectivity index (χ1n) is 9.47. The summed E-state index contributed by atoms with van der Waals surface area (Å²) in [5.74, 6) is -1.14. The molecule has 0 aliphatic carbocycles. The highest BCUT2D eigenvalue weighted by Gasteiger charge is 2.25. The van der Waals surface area contributed by atoms with Crippen LogP contribution in [0, 0.1) is 10.1 Å². The summed E-state index contributed by atoms with van der Waals surface area (Å²) in [5, 5.41) is 15.8. The molecule has 0 aliphatic rings. The second-order valence-corrected chi connectivity index (χ2v) is 6.52. The number of rotatable bonds is 10. The van der Waals surface area contributed by atoms with Crippen molar-refractivity contribution in [3.63, 3.8) is 0 Å². The van der Waals surface area contributed by atoms with Gasteiger partial charge in [-0.3, -0.25) is 14.9 Å². The number of ether oxygens (including phenoxy) is 3. The van der Waals surface area contributed by atoms with Crippen LogP contribution < -0.4 is 15.4 Å². The van der Waals surface area contributed by atoms with E-state index in [2.05, 4.69) is 10.6 Å². The number of esters is 1. The topological polar surface area (TPSA) is 146 Å². The number of nitro groups is 1. The number of nitro benzene ring substituents is 1. The van der Waals surface area contributed by atoms with Gasteiger partial charge in [0.2, 0.25) is 5.91 Å². The molecule has 2 aromatic rings. The number of nitrogens with one attached hydrogen (secondary N) is 2. The van der Waals surface area contributed by atoms with Crippen LogP contribution in [0.25, 0.3) is 0 Å². The quantitative estimate of drug-likeness (QED) is 0.319. The minimum absolute atomic E-state index is 0.0334. The first-order valence-corrected chi connectivity index (χ1v) is 9.47. The van der Waals surface area contributed by atoms with E-state index in [1.54, 1.807) is 24.3 Å². The lowest BCUT2D eigenvalue weighted by Crippen LogP contribution is -2.47. The molecule has 2 amide bonds. The molecule has 2 rings (SSSR count). The van der Waals surface area contributed by atoms with Crippen molar-refractivity contribution in [2.75, 3.05) is 20.8 Å². The van der Waals surface area contributed by atoms with Crippen molar-refractivity contribution in [3.8, 4) is 5.75 Å². The van der Waals surface area contributed by atoms with Crippen LogP contribution in [0.2, 0.25) is 0 Å². The van der Waals surface area contributed by atoms with Gasteiger partial charge in [0.05, 0.1) is 19.1 Å². The molecule has 0 radical (unpaired) electrons. The van der Waals surface area contributed by atoms with Crippen LogP contribution in [0.5, 0.6) is 5.75 Å². The lowest BCUT2D eigenvalue weighted by molar-refractivity contribution is -0.384. The molecule has 0 fully saturated rings. The SMILES string of the molecule is COC(=O)[C@@H](Cc1cc([N+](=O)[O-])ccc1OC)NC(=O)CNC(=O)OCc1ccccc1. The van der Waals surface area contributed by atoms with Gasteiger partial charge in [0.1, 0.15) is 24.9 Å². The number of hydrogen-bond acceptors (Lipinski definition) is 8. The number of amides is 2. The Morgan fingerprint density at radius 1 is 1.09 bits per heavy atom. The largest absolute Gasteiger partial charge is 0.496 e. The third kappa shape index (κ3) is 7.27. The first-order chi connectivity index (χ1) is 15.3. The highest BCUT2D eigenvalue weighted by atomic mass is 16.6. The smallest absolute Gasteiger partial charge is 0.407 e. The zero-order valence-electron chi connectivity index (χ0n) is 17.5. The van der Waals surface area contributed by atoms with Gasteiger partial charge >= 0.3 is 12.1 Å². The Balaban J connectivity index is 1.96. The van der Waals surface area contributed by atoms with E-state index < -0.39 is 35.5 Å². The maximum atomic E-state index is 12.2. The van der Waals surface area contributed by atoms with E-state index in [4.69, 9.17) is 14.2 Å². The molecule has 0 saturated heterocycles. The number of hydrogen-bond donors (Lipinski definition) is 2. The zero-order chi connectivity index (χ0) is 23.5. The van der Waals surface area contributed by atoms with E-state index in [0.29, 0.717) is 11.3 Å². The van der Waals surface area contributed by atoms with Crippen molar-refractivity contribution in [1.29, 1.82) is 0 Å². The van der Waals surface area contributed by atoms with Crippen molar-refractivity contribution >= 4 is 23.7 Å². The molecule has 0 aliphatic heterocycles. The zero-order valence-corrected chi connectivity index (χ0v) is 17.5. The molecule has 2 aromatic carbocycles. The average Bonchev–Trinajstić information content (AvgIpc) is 2.80. The fourth-order valence-corrected chi connectivity index (χ4v) is 2.77. The van der Waals surface area contributed by atoms with Crippen LogP contribution in [0.4, 0.5) is 10.5 Å². The summed E-state index contributed by atoms with van der Waals surface area (Å²) >= 11 is 0. The van der Waals surface area contributed by atoms with Crippen LogP contribution in [-0.2, 0) is 32.1 Å². The standard InChI is InChI=1S/C21H23N3O8/c1-30-18-9-8-16(24(28)29)10-15(18)11-17(20(26)31-2)23-19(25)12-22-21(27)32-13-14-6-4-3-5-7-14/h3-10,17H,11-13H2,1-2H3,(H,22,27)(H,23,25)/t17-/m1/s1. The van der Waals surface area contributed by atoms with Crippen LogP contribution in [0.1, 0.15) is 11.1 Å². The molecule has 11 nitrogen and oxygen atoms in total. The van der Waals surface area contributed by atoms with E-state index in [9.17, 15) is 24.5 Å². The van der Waals surface area contributed by atoms with Crippen molar-refractivity contribution < 1.29 is 33.5 Å². The molecule has 0 aromatic heterocycles. The van der Waals surface area contributed by atoms with Crippen LogP contribution in [0.15, 0.2) is 48.5 Å². The number of benzene rings is 2. The predicted octanol–water partition coefficient (Wildman–Crippen LogP) is 1.73. The fourth-order valence-electron chi connectivity index (χ4n) is 2.77. The molecule has 11 heteroatoms. The first kappa shape index (κ1) is 24.1. The number of non-ortho nitro benzene ring substituents is 1. The van der Waals surface area contributed by atoms with Gasteiger partial charge in [0.15, 0.2) is 0 Å².